The predicted molar refractivity (Wildman–Crippen MR) is 95.0 cm³/mol. The minimum Gasteiger partial charge on any atom is -0.361 e. The van der Waals surface area contributed by atoms with Crippen LogP contribution in [0, 0.1) is 5.92 Å². The topological polar surface area (TPSA) is 74.0 Å². The van der Waals surface area contributed by atoms with E-state index in [1.165, 1.54) is 0 Å². The molecule has 0 radical (unpaired) electrons. The molecule has 2 aromatic rings. The van der Waals surface area contributed by atoms with Gasteiger partial charge in [-0.15, -0.1) is 0 Å². The van der Waals surface area contributed by atoms with Crippen LogP contribution in [0.25, 0.3) is 10.9 Å². The van der Waals surface area contributed by atoms with E-state index in [4.69, 9.17) is 11.6 Å². The number of amides is 2. The fourth-order valence-corrected chi connectivity index (χ4v) is 3.43. The van der Waals surface area contributed by atoms with Crippen LogP contribution in [0.5, 0.6) is 0 Å². The van der Waals surface area contributed by atoms with Crippen LogP contribution in [0.15, 0.2) is 24.4 Å². The van der Waals surface area contributed by atoms with Crippen LogP contribution in [0.3, 0.4) is 0 Å². The number of hydrogen-bond acceptors (Lipinski definition) is 2. The van der Waals surface area contributed by atoms with Crippen LogP contribution in [0.1, 0.15) is 31.2 Å². The number of rotatable bonds is 6. The Kier molecular flexibility index (Phi) is 5.41. The lowest BCUT2D eigenvalue weighted by molar-refractivity contribution is -0.125. The Bertz CT molecular complexity index is 735. The van der Waals surface area contributed by atoms with Gasteiger partial charge in [-0.05, 0) is 30.5 Å². The van der Waals surface area contributed by atoms with Crippen molar-refractivity contribution in [1.82, 2.24) is 15.6 Å². The second-order valence-corrected chi connectivity index (χ2v) is 6.74. The van der Waals surface area contributed by atoms with Crippen LogP contribution < -0.4 is 10.6 Å². The van der Waals surface area contributed by atoms with Gasteiger partial charge in [-0.3, -0.25) is 9.59 Å². The summed E-state index contributed by atoms with van der Waals surface area (Å²) in [6, 6.07) is 5.58. The van der Waals surface area contributed by atoms with E-state index in [0.717, 1.165) is 42.1 Å². The lowest BCUT2D eigenvalue weighted by atomic mass is 10.1. The number of nitrogens with one attached hydrogen (secondary N) is 3. The Morgan fingerprint density at radius 2 is 1.92 bits per heavy atom. The molecule has 1 fully saturated rings. The molecular weight excluding hydrogens is 326 g/mol. The largest absolute Gasteiger partial charge is 0.361 e. The number of carbonyl (C=O) groups is 2. The van der Waals surface area contributed by atoms with Crippen LogP contribution in [-0.4, -0.2) is 29.9 Å². The third-order valence-electron chi connectivity index (χ3n) is 4.55. The molecule has 1 heterocycles. The molecule has 0 spiro atoms. The van der Waals surface area contributed by atoms with Gasteiger partial charge >= 0.3 is 0 Å². The molecule has 0 atom stereocenters. The van der Waals surface area contributed by atoms with Crippen LogP contribution in [0.2, 0.25) is 5.02 Å². The molecular formula is C18H22ClN3O2. The van der Waals surface area contributed by atoms with Gasteiger partial charge in [0.25, 0.3) is 0 Å². The Balaban J connectivity index is 1.43. The molecule has 3 rings (SSSR count). The highest BCUT2D eigenvalue weighted by Gasteiger charge is 2.21. The zero-order chi connectivity index (χ0) is 16.9. The third-order valence-corrected chi connectivity index (χ3v) is 4.79. The van der Waals surface area contributed by atoms with Crippen molar-refractivity contribution in [3.63, 3.8) is 0 Å². The molecule has 1 saturated carbocycles. The smallest absolute Gasteiger partial charge is 0.224 e. The second kappa shape index (κ2) is 7.71. The van der Waals surface area contributed by atoms with Gasteiger partial charge < -0.3 is 15.6 Å². The molecule has 0 aliphatic heterocycles. The number of H-pyrrole nitrogens is 1. The summed E-state index contributed by atoms with van der Waals surface area (Å²) in [5, 5.41) is 7.42. The first-order valence-corrected chi connectivity index (χ1v) is 8.81. The van der Waals surface area contributed by atoms with Crippen molar-refractivity contribution in [3.05, 3.63) is 35.0 Å². The molecule has 24 heavy (non-hydrogen) atoms. The summed E-state index contributed by atoms with van der Waals surface area (Å²) >= 11 is 5.96. The third kappa shape index (κ3) is 4.09. The first-order chi connectivity index (χ1) is 11.6. The monoisotopic (exact) mass is 347 g/mol. The highest BCUT2D eigenvalue weighted by molar-refractivity contribution is 6.31. The average molecular weight is 348 g/mol. The summed E-state index contributed by atoms with van der Waals surface area (Å²) in [7, 11) is 0. The molecule has 5 nitrogen and oxygen atoms in total. The van der Waals surface area contributed by atoms with Crippen molar-refractivity contribution < 1.29 is 9.59 Å². The van der Waals surface area contributed by atoms with Gasteiger partial charge in [0.15, 0.2) is 0 Å². The van der Waals surface area contributed by atoms with Gasteiger partial charge in [-0.2, -0.15) is 0 Å². The molecule has 128 valence electrons. The summed E-state index contributed by atoms with van der Waals surface area (Å²) < 4.78 is 0. The van der Waals surface area contributed by atoms with E-state index in [-0.39, 0.29) is 17.7 Å². The number of hydrogen-bond donors (Lipinski definition) is 3. The van der Waals surface area contributed by atoms with Gasteiger partial charge in [0.2, 0.25) is 11.8 Å². The molecule has 0 saturated heterocycles. The van der Waals surface area contributed by atoms with Crippen molar-refractivity contribution in [2.24, 2.45) is 5.92 Å². The summed E-state index contributed by atoms with van der Waals surface area (Å²) in [5.41, 5.74) is 1.86. The highest BCUT2D eigenvalue weighted by Crippen LogP contribution is 2.24. The van der Waals surface area contributed by atoms with Crippen molar-refractivity contribution >= 4 is 34.3 Å². The number of aromatic amines is 1. The van der Waals surface area contributed by atoms with E-state index in [9.17, 15) is 9.59 Å². The maximum Gasteiger partial charge on any atom is 0.224 e. The molecule has 6 heteroatoms. The zero-order valence-corrected chi connectivity index (χ0v) is 14.3. The van der Waals surface area contributed by atoms with Gasteiger partial charge in [-0.25, -0.2) is 0 Å². The van der Waals surface area contributed by atoms with Crippen molar-refractivity contribution in [3.8, 4) is 0 Å². The lowest BCUT2D eigenvalue weighted by Gasteiger charge is -2.10. The quantitative estimate of drug-likeness (QED) is 0.703. The average Bonchev–Trinajstić information content (AvgIpc) is 3.21. The Morgan fingerprint density at radius 3 is 2.71 bits per heavy atom. The molecule has 3 N–H and O–H groups in total. The second-order valence-electron chi connectivity index (χ2n) is 6.30. The zero-order valence-electron chi connectivity index (χ0n) is 13.5. The van der Waals surface area contributed by atoms with Gasteiger partial charge in [0.05, 0.1) is 6.42 Å². The molecule has 1 aromatic heterocycles. The van der Waals surface area contributed by atoms with Crippen LogP contribution >= 0.6 is 11.6 Å². The lowest BCUT2D eigenvalue weighted by Crippen LogP contribution is -2.37. The maximum absolute atomic E-state index is 12.1. The number of carbonyl (C=O) groups excluding carboxylic acids is 2. The van der Waals surface area contributed by atoms with E-state index >= 15 is 0 Å². The molecule has 1 aliphatic carbocycles. The Labute approximate surface area is 146 Å². The number of halogens is 1. The van der Waals surface area contributed by atoms with Crippen molar-refractivity contribution in [2.45, 2.75) is 32.1 Å². The SMILES string of the molecule is O=C(Cc1c[nH]c2cc(Cl)ccc12)NCCNC(=O)C1CCCC1. The number of aromatic nitrogens is 1. The number of benzene rings is 1. The fourth-order valence-electron chi connectivity index (χ4n) is 3.26. The van der Waals surface area contributed by atoms with Crippen LogP contribution in [0.4, 0.5) is 0 Å². The van der Waals surface area contributed by atoms with E-state index < -0.39 is 0 Å². The molecule has 1 aliphatic rings. The molecule has 1 aromatic carbocycles. The van der Waals surface area contributed by atoms with E-state index in [0.29, 0.717) is 24.5 Å². The minimum atomic E-state index is -0.0547. The van der Waals surface area contributed by atoms with Crippen molar-refractivity contribution in [2.75, 3.05) is 13.1 Å². The summed E-state index contributed by atoms with van der Waals surface area (Å²) in [4.78, 5) is 27.1. The minimum absolute atomic E-state index is 0.0547. The Hall–Kier alpha value is -2.01. The molecule has 0 unspecified atom stereocenters. The van der Waals surface area contributed by atoms with Gasteiger partial charge in [-0.1, -0.05) is 30.5 Å². The predicted octanol–water partition coefficient (Wildman–Crippen LogP) is 2.79. The first-order valence-electron chi connectivity index (χ1n) is 8.43. The summed E-state index contributed by atoms with van der Waals surface area (Å²) in [5.74, 6) is 0.231. The fraction of sp³-hybridized carbons (Fsp3) is 0.444. The van der Waals surface area contributed by atoms with E-state index in [2.05, 4.69) is 15.6 Å². The normalized spacial score (nSPS) is 14.9. The van der Waals surface area contributed by atoms with E-state index in [1.54, 1.807) is 0 Å². The standard InChI is InChI=1S/C18H22ClN3O2/c19-14-5-6-15-13(11-22-16(15)10-14)9-17(23)20-7-8-21-18(24)12-3-1-2-4-12/h5-6,10-12,22H,1-4,7-9H2,(H,20,23)(H,21,24). The highest BCUT2D eigenvalue weighted by atomic mass is 35.5. The summed E-state index contributed by atoms with van der Waals surface area (Å²) in [6.07, 6.45) is 6.40. The van der Waals surface area contributed by atoms with Crippen molar-refractivity contribution in [1.29, 1.82) is 0 Å². The molecule has 2 amide bonds. The maximum atomic E-state index is 12.1. The Morgan fingerprint density at radius 1 is 1.17 bits per heavy atom. The van der Waals surface area contributed by atoms with Gasteiger partial charge in [0, 0.05) is 41.1 Å². The number of fused-ring (bicyclic) bond motifs is 1. The van der Waals surface area contributed by atoms with E-state index in [1.807, 2.05) is 24.4 Å². The first kappa shape index (κ1) is 16.8. The van der Waals surface area contributed by atoms with Crippen LogP contribution in [-0.2, 0) is 16.0 Å². The van der Waals surface area contributed by atoms with Gasteiger partial charge in [0.1, 0.15) is 0 Å². The summed E-state index contributed by atoms with van der Waals surface area (Å²) in [6.45, 7) is 0.927. The molecule has 0 bridgehead atoms.